The van der Waals surface area contributed by atoms with Crippen LogP contribution in [0.4, 0.5) is 0 Å². The molecule has 4 aliphatic rings. The van der Waals surface area contributed by atoms with Crippen molar-refractivity contribution >= 4 is 29.2 Å². The predicted molar refractivity (Wildman–Crippen MR) is 126 cm³/mol. The first-order valence-electron chi connectivity index (χ1n) is 11.2. The summed E-state index contributed by atoms with van der Waals surface area (Å²) in [6.45, 7) is 5.11. The fraction of sp³-hybridized carbons (Fsp3) is 0.480. The van der Waals surface area contributed by atoms with E-state index >= 15 is 0 Å². The summed E-state index contributed by atoms with van der Waals surface area (Å²) < 4.78 is 16.7. The van der Waals surface area contributed by atoms with Crippen LogP contribution in [0.25, 0.3) is 0 Å². The molecule has 5 nitrogen and oxygen atoms in total. The number of esters is 1. The summed E-state index contributed by atoms with van der Waals surface area (Å²) >= 11 is 12.8. The number of piperidine rings is 1. The molecule has 0 saturated carbocycles. The minimum absolute atomic E-state index is 0.0233. The molecule has 7 heteroatoms. The number of nitrogens with zero attached hydrogens (tertiary/aromatic N) is 1. The van der Waals surface area contributed by atoms with E-state index in [2.05, 4.69) is 11.0 Å². The summed E-state index contributed by atoms with van der Waals surface area (Å²) in [7, 11) is 0. The lowest BCUT2D eigenvalue weighted by Gasteiger charge is -2.31. The second-order valence-electron chi connectivity index (χ2n) is 8.34. The molecule has 0 aromatic heterocycles. The second-order valence-corrected chi connectivity index (χ2v) is 9.26. The van der Waals surface area contributed by atoms with Gasteiger partial charge < -0.3 is 19.1 Å². The summed E-state index contributed by atoms with van der Waals surface area (Å²) in [5.74, 6) is -0.0964. The Morgan fingerprint density at radius 1 is 1.34 bits per heavy atom. The summed E-state index contributed by atoms with van der Waals surface area (Å²) in [5, 5.41) is 1.45. The van der Waals surface area contributed by atoms with Crippen molar-refractivity contribution in [1.82, 2.24) is 4.90 Å². The van der Waals surface area contributed by atoms with Crippen molar-refractivity contribution in [3.8, 4) is 0 Å². The van der Waals surface area contributed by atoms with E-state index < -0.39 is 0 Å². The van der Waals surface area contributed by atoms with Crippen molar-refractivity contribution in [2.24, 2.45) is 5.92 Å². The van der Waals surface area contributed by atoms with Crippen LogP contribution in [0.2, 0.25) is 0 Å². The molecule has 172 valence electrons. The number of carbonyl (C=O) groups excluding carboxylic acids is 1. The van der Waals surface area contributed by atoms with Gasteiger partial charge in [0.25, 0.3) is 0 Å². The molecule has 0 bridgehead atoms. The Morgan fingerprint density at radius 3 is 3.06 bits per heavy atom. The van der Waals surface area contributed by atoms with E-state index in [9.17, 15) is 4.79 Å². The van der Waals surface area contributed by atoms with Crippen molar-refractivity contribution in [2.45, 2.75) is 38.7 Å². The number of likely N-dealkylation sites (tertiary alicyclic amines) is 1. The molecule has 32 heavy (non-hydrogen) atoms. The quantitative estimate of drug-likeness (QED) is 0.499. The number of hydrogen-bond donors (Lipinski definition) is 0. The van der Waals surface area contributed by atoms with Gasteiger partial charge in [-0.25, -0.2) is 0 Å². The van der Waals surface area contributed by atoms with Crippen molar-refractivity contribution in [1.29, 1.82) is 0 Å². The van der Waals surface area contributed by atoms with Crippen LogP contribution in [0.1, 0.15) is 32.6 Å². The molecule has 0 spiro atoms. The smallest absolute Gasteiger partial charge is 0.310 e. The zero-order valence-electron chi connectivity index (χ0n) is 18.3. The number of rotatable bonds is 5. The summed E-state index contributed by atoms with van der Waals surface area (Å²) in [4.78, 5) is 14.5. The first kappa shape index (κ1) is 23.4. The molecule has 1 saturated heterocycles. The van der Waals surface area contributed by atoms with Gasteiger partial charge in [0.05, 0.1) is 18.8 Å². The Kier molecular flexibility index (Phi) is 7.95. The van der Waals surface area contributed by atoms with Crippen LogP contribution in [-0.2, 0) is 19.0 Å². The average molecular weight is 478 g/mol. The van der Waals surface area contributed by atoms with Crippen molar-refractivity contribution in [3.05, 3.63) is 69.0 Å². The van der Waals surface area contributed by atoms with Crippen LogP contribution < -0.4 is 0 Å². The zero-order chi connectivity index (χ0) is 22.5. The highest BCUT2D eigenvalue weighted by atomic mass is 35.5. The van der Waals surface area contributed by atoms with E-state index in [4.69, 9.17) is 37.4 Å². The van der Waals surface area contributed by atoms with E-state index in [0.717, 1.165) is 66.2 Å². The number of fused-ring (bicyclic) bond motifs is 2. The lowest BCUT2D eigenvalue weighted by atomic mass is 9.83. The fourth-order valence-electron chi connectivity index (χ4n) is 4.66. The van der Waals surface area contributed by atoms with Gasteiger partial charge in [-0.15, -0.1) is 0 Å². The Hall–Kier alpha value is -1.79. The molecule has 2 aliphatic carbocycles. The molecule has 2 aliphatic heterocycles. The van der Waals surface area contributed by atoms with E-state index in [-0.39, 0.29) is 24.8 Å². The molecular weight excluding hydrogens is 449 g/mol. The van der Waals surface area contributed by atoms with Crippen LogP contribution in [0.5, 0.6) is 0 Å². The van der Waals surface area contributed by atoms with Crippen molar-refractivity contribution in [3.63, 3.8) is 0 Å². The highest BCUT2D eigenvalue weighted by molar-refractivity contribution is 6.31. The van der Waals surface area contributed by atoms with Gasteiger partial charge in [-0.3, -0.25) is 4.79 Å². The van der Waals surface area contributed by atoms with Crippen LogP contribution in [0, 0.1) is 5.92 Å². The Bertz CT molecular complexity index is 928. The molecule has 0 N–H and O–H groups in total. The fourth-order valence-corrected chi connectivity index (χ4v) is 5.11. The van der Waals surface area contributed by atoms with Crippen LogP contribution in [-0.4, -0.2) is 50.0 Å². The summed E-state index contributed by atoms with van der Waals surface area (Å²) in [5.41, 5.74) is 4.18. The van der Waals surface area contributed by atoms with Gasteiger partial charge in [-0.1, -0.05) is 29.3 Å². The third-order valence-electron chi connectivity index (χ3n) is 6.09. The lowest BCUT2D eigenvalue weighted by molar-refractivity contribution is -0.149. The number of allylic oxidation sites excluding steroid dienone is 7. The average Bonchev–Trinajstić information content (AvgIpc) is 2.76. The monoisotopic (exact) mass is 477 g/mol. The third kappa shape index (κ3) is 5.57. The van der Waals surface area contributed by atoms with Gasteiger partial charge in [-0.05, 0) is 73.8 Å². The molecule has 0 radical (unpaired) electrons. The molecule has 1 unspecified atom stereocenters. The third-order valence-corrected chi connectivity index (χ3v) is 6.57. The van der Waals surface area contributed by atoms with Crippen LogP contribution >= 0.6 is 23.2 Å². The Labute approximate surface area is 199 Å². The molecule has 0 aromatic rings. The summed E-state index contributed by atoms with van der Waals surface area (Å²) in [6.07, 6.45) is 14.9. The van der Waals surface area contributed by atoms with Gasteiger partial charge in [0, 0.05) is 35.1 Å². The molecule has 2 atom stereocenters. The van der Waals surface area contributed by atoms with Crippen molar-refractivity contribution in [2.75, 3.05) is 33.0 Å². The normalized spacial score (nSPS) is 27.3. The van der Waals surface area contributed by atoms with Crippen molar-refractivity contribution < 1.29 is 19.0 Å². The summed E-state index contributed by atoms with van der Waals surface area (Å²) in [6, 6.07) is 0. The second kappa shape index (κ2) is 10.9. The Morgan fingerprint density at radius 2 is 2.22 bits per heavy atom. The SMILES string of the molecule is CCOC(=O)C1CCCN(CCC=C2CC(Cl)=CC3=COCO[C@@H]4C=CC(Cl)=CC4=C32)C1. The van der Waals surface area contributed by atoms with E-state index in [1.165, 1.54) is 0 Å². The van der Waals surface area contributed by atoms with Gasteiger partial charge in [0.15, 0.2) is 6.79 Å². The Balaban J connectivity index is 1.53. The molecule has 0 amide bonds. The van der Waals surface area contributed by atoms with Crippen LogP contribution in [0.3, 0.4) is 0 Å². The largest absolute Gasteiger partial charge is 0.474 e. The van der Waals surface area contributed by atoms with E-state index in [1.54, 1.807) is 6.26 Å². The van der Waals surface area contributed by atoms with E-state index in [0.29, 0.717) is 18.1 Å². The molecule has 1 fully saturated rings. The molecular formula is C25H29Cl2NO4. The minimum atomic E-state index is -0.211. The maximum Gasteiger partial charge on any atom is 0.310 e. The van der Waals surface area contributed by atoms with Gasteiger partial charge >= 0.3 is 5.97 Å². The minimum Gasteiger partial charge on any atom is -0.474 e. The van der Waals surface area contributed by atoms with Crippen LogP contribution in [0.15, 0.2) is 69.0 Å². The standard InChI is InChI=1S/C25H29Cl2NO4/c1-2-31-25(29)18-6-4-10-28(14-18)9-3-5-17-11-21(27)12-19-15-30-16-32-23-8-7-20(26)13-22(23)24(17)19/h5,7-8,12-13,15,18,23H,2-4,6,9-11,14,16H2,1H3/t18?,23-/m1/s1. The zero-order valence-corrected chi connectivity index (χ0v) is 19.8. The highest BCUT2D eigenvalue weighted by Gasteiger charge is 2.28. The van der Waals surface area contributed by atoms with Gasteiger partial charge in [0.1, 0.15) is 6.10 Å². The predicted octanol–water partition coefficient (Wildman–Crippen LogP) is 5.35. The topological polar surface area (TPSA) is 48.0 Å². The number of carbonyl (C=O) groups is 1. The number of hydrogen-bond acceptors (Lipinski definition) is 5. The van der Waals surface area contributed by atoms with E-state index in [1.807, 2.05) is 31.2 Å². The first-order chi connectivity index (χ1) is 15.5. The van der Waals surface area contributed by atoms with Gasteiger partial charge in [0.2, 0.25) is 0 Å². The number of ether oxygens (including phenoxy) is 3. The molecule has 4 rings (SSSR count). The first-order valence-corrected chi connectivity index (χ1v) is 12.0. The maximum atomic E-state index is 12.1. The lowest BCUT2D eigenvalue weighted by Crippen LogP contribution is -2.39. The van der Waals surface area contributed by atoms with Gasteiger partial charge in [-0.2, -0.15) is 0 Å². The highest BCUT2D eigenvalue weighted by Crippen LogP contribution is 2.40. The maximum absolute atomic E-state index is 12.1. The molecule has 0 aromatic carbocycles. The number of halogens is 2. The molecule has 2 heterocycles.